The highest BCUT2D eigenvalue weighted by Gasteiger charge is 2.28. The van der Waals surface area contributed by atoms with E-state index in [9.17, 15) is 13.2 Å². The van der Waals surface area contributed by atoms with Crippen molar-refractivity contribution in [2.24, 2.45) is 5.73 Å². The number of nitrogens with two attached hydrogens (primary N) is 1. The normalized spacial score (nSPS) is 16.0. The van der Waals surface area contributed by atoms with E-state index in [1.165, 1.54) is 25.3 Å². The predicted molar refractivity (Wildman–Crippen MR) is 87.9 cm³/mol. The second kappa shape index (κ2) is 7.29. The Labute approximate surface area is 136 Å². The van der Waals surface area contributed by atoms with Gasteiger partial charge in [-0.3, -0.25) is 4.79 Å². The van der Waals surface area contributed by atoms with Crippen LogP contribution in [-0.2, 0) is 14.8 Å². The lowest BCUT2D eigenvalue weighted by Gasteiger charge is -2.13. The fourth-order valence-corrected chi connectivity index (χ4v) is 3.34. The van der Waals surface area contributed by atoms with Crippen LogP contribution in [0, 0.1) is 0 Å². The van der Waals surface area contributed by atoms with Crippen LogP contribution in [0.15, 0.2) is 23.1 Å². The Kier molecular flexibility index (Phi) is 5.61. The molecule has 2 rings (SSSR count). The zero-order chi connectivity index (χ0) is 17.0. The molecule has 0 heterocycles. The van der Waals surface area contributed by atoms with Crippen LogP contribution in [-0.4, -0.2) is 33.5 Å². The van der Waals surface area contributed by atoms with Crippen molar-refractivity contribution in [3.63, 3.8) is 0 Å². The minimum Gasteiger partial charge on any atom is -0.495 e. The molecule has 4 N–H and O–H groups in total. The maximum atomic E-state index is 12.3. The number of amides is 1. The predicted octanol–water partition coefficient (Wildman–Crippen LogP) is 1.20. The van der Waals surface area contributed by atoms with Crippen molar-refractivity contribution in [3.8, 4) is 5.75 Å². The Bertz CT molecular complexity index is 669. The van der Waals surface area contributed by atoms with Gasteiger partial charge in [-0.2, -0.15) is 0 Å². The van der Waals surface area contributed by atoms with Crippen molar-refractivity contribution >= 4 is 21.6 Å². The van der Waals surface area contributed by atoms with Crippen LogP contribution in [0.25, 0.3) is 0 Å². The van der Waals surface area contributed by atoms with Gasteiger partial charge in [0.15, 0.2) is 0 Å². The molecule has 1 amide bonds. The molecule has 0 aliphatic heterocycles. The third kappa shape index (κ3) is 5.19. The maximum Gasteiger partial charge on any atom is 0.240 e. The molecule has 1 aliphatic carbocycles. The summed E-state index contributed by atoms with van der Waals surface area (Å²) in [7, 11) is -2.12. The van der Waals surface area contributed by atoms with Crippen LogP contribution >= 0.6 is 0 Å². The van der Waals surface area contributed by atoms with Gasteiger partial charge in [-0.15, -0.1) is 0 Å². The number of benzene rings is 1. The Morgan fingerprint density at radius 1 is 1.43 bits per heavy atom. The van der Waals surface area contributed by atoms with Crippen LogP contribution in [0.4, 0.5) is 5.69 Å². The third-order valence-corrected chi connectivity index (χ3v) is 5.00. The fourth-order valence-electron chi connectivity index (χ4n) is 2.01. The minimum absolute atomic E-state index is 0.0196. The molecule has 0 aromatic heterocycles. The number of hydrogen-bond acceptors (Lipinski definition) is 5. The second-order valence-electron chi connectivity index (χ2n) is 5.82. The second-order valence-corrected chi connectivity index (χ2v) is 7.54. The average Bonchev–Trinajstić information content (AvgIpc) is 3.28. The van der Waals surface area contributed by atoms with Crippen LogP contribution in [0.3, 0.4) is 0 Å². The van der Waals surface area contributed by atoms with Gasteiger partial charge >= 0.3 is 0 Å². The summed E-state index contributed by atoms with van der Waals surface area (Å²) in [6.07, 6.45) is 2.53. The van der Waals surface area contributed by atoms with E-state index in [1.54, 1.807) is 0 Å². The Hall–Kier alpha value is -1.64. The topological polar surface area (TPSA) is 111 Å². The van der Waals surface area contributed by atoms with Gasteiger partial charge in [-0.25, -0.2) is 13.1 Å². The van der Waals surface area contributed by atoms with E-state index in [-0.39, 0.29) is 29.3 Å². The first-order valence-electron chi connectivity index (χ1n) is 7.57. The van der Waals surface area contributed by atoms with Crippen LogP contribution in [0.5, 0.6) is 5.75 Å². The molecule has 0 spiro atoms. The van der Waals surface area contributed by atoms with Crippen LogP contribution in [0.1, 0.15) is 32.6 Å². The molecule has 8 heteroatoms. The van der Waals surface area contributed by atoms with Crippen molar-refractivity contribution in [1.82, 2.24) is 4.72 Å². The molecule has 128 valence electrons. The zero-order valence-electron chi connectivity index (χ0n) is 13.3. The maximum absolute atomic E-state index is 12.3. The highest BCUT2D eigenvalue weighted by atomic mass is 32.2. The number of sulfonamides is 1. The molecule has 0 radical (unpaired) electrons. The molecular weight excluding hydrogens is 318 g/mol. The molecule has 0 saturated heterocycles. The Morgan fingerprint density at radius 3 is 2.70 bits per heavy atom. The monoisotopic (exact) mass is 341 g/mol. The van der Waals surface area contributed by atoms with E-state index in [1.807, 2.05) is 6.92 Å². The van der Waals surface area contributed by atoms with Gasteiger partial charge in [0, 0.05) is 18.5 Å². The lowest BCUT2D eigenvalue weighted by molar-refractivity contribution is -0.116. The number of carbonyl (C=O) groups excluding carboxylic acids is 1. The summed E-state index contributed by atoms with van der Waals surface area (Å²) >= 11 is 0. The molecule has 7 nitrogen and oxygen atoms in total. The number of anilines is 1. The van der Waals surface area contributed by atoms with E-state index in [4.69, 9.17) is 10.5 Å². The summed E-state index contributed by atoms with van der Waals surface area (Å²) < 4.78 is 32.3. The summed E-state index contributed by atoms with van der Waals surface area (Å²) in [5.74, 6) is 0.176. The molecule has 1 aliphatic rings. The average molecular weight is 341 g/mol. The summed E-state index contributed by atoms with van der Waals surface area (Å²) in [5.41, 5.74) is 5.97. The van der Waals surface area contributed by atoms with E-state index in [0.717, 1.165) is 12.8 Å². The standard InChI is InChI=1S/C15H23N3O4S/c1-10(16)3-8-15(19)17-13-9-12(6-7-14(13)22-2)23(20,21)18-11-4-5-11/h6-7,9-11,18H,3-5,8,16H2,1-2H3,(H,17,19). The molecule has 1 aromatic carbocycles. The van der Waals surface area contributed by atoms with Crippen molar-refractivity contribution in [1.29, 1.82) is 0 Å². The number of rotatable bonds is 8. The van der Waals surface area contributed by atoms with Gasteiger partial charge < -0.3 is 15.8 Å². The lowest BCUT2D eigenvalue weighted by atomic mass is 10.2. The van der Waals surface area contributed by atoms with Gasteiger partial charge in [0.05, 0.1) is 17.7 Å². The molecule has 0 bridgehead atoms. The first kappa shape index (κ1) is 17.7. The first-order valence-corrected chi connectivity index (χ1v) is 9.06. The Morgan fingerprint density at radius 2 is 2.13 bits per heavy atom. The van der Waals surface area contributed by atoms with Crippen molar-refractivity contribution in [2.45, 2.75) is 49.6 Å². The van der Waals surface area contributed by atoms with E-state index < -0.39 is 10.0 Å². The summed E-state index contributed by atoms with van der Waals surface area (Å²) in [5, 5.41) is 2.69. The minimum atomic E-state index is -3.58. The highest BCUT2D eigenvalue weighted by Crippen LogP contribution is 2.29. The number of ether oxygens (including phenoxy) is 1. The lowest BCUT2D eigenvalue weighted by Crippen LogP contribution is -2.26. The van der Waals surface area contributed by atoms with E-state index in [0.29, 0.717) is 17.9 Å². The summed E-state index contributed by atoms with van der Waals surface area (Å²) in [4.78, 5) is 12.1. The van der Waals surface area contributed by atoms with E-state index in [2.05, 4.69) is 10.0 Å². The largest absolute Gasteiger partial charge is 0.495 e. The number of methoxy groups -OCH3 is 1. The summed E-state index contributed by atoms with van der Waals surface area (Å²) in [6, 6.07) is 4.35. The van der Waals surface area contributed by atoms with Crippen LogP contribution < -0.4 is 20.5 Å². The highest BCUT2D eigenvalue weighted by molar-refractivity contribution is 7.89. The Balaban J connectivity index is 2.16. The van der Waals surface area contributed by atoms with Crippen LogP contribution in [0.2, 0.25) is 0 Å². The van der Waals surface area contributed by atoms with Gasteiger partial charge in [0.25, 0.3) is 0 Å². The SMILES string of the molecule is COc1ccc(S(=O)(=O)NC2CC2)cc1NC(=O)CCC(C)N. The van der Waals surface area contributed by atoms with Gasteiger partial charge in [-0.1, -0.05) is 0 Å². The third-order valence-electron chi connectivity index (χ3n) is 3.48. The number of nitrogens with one attached hydrogen (secondary N) is 2. The fraction of sp³-hybridized carbons (Fsp3) is 0.533. The first-order chi connectivity index (χ1) is 10.8. The molecule has 1 saturated carbocycles. The molecule has 1 unspecified atom stereocenters. The molecule has 1 atom stereocenters. The van der Waals surface area contributed by atoms with Crippen molar-refractivity contribution < 1.29 is 17.9 Å². The molecule has 1 fully saturated rings. The van der Waals surface area contributed by atoms with E-state index >= 15 is 0 Å². The van der Waals surface area contributed by atoms with Gasteiger partial charge in [-0.05, 0) is 44.4 Å². The quantitative estimate of drug-likeness (QED) is 0.658. The molecular formula is C15H23N3O4S. The smallest absolute Gasteiger partial charge is 0.240 e. The number of hydrogen-bond donors (Lipinski definition) is 3. The summed E-state index contributed by atoms with van der Waals surface area (Å²) in [6.45, 7) is 1.82. The molecule has 23 heavy (non-hydrogen) atoms. The van der Waals surface area contributed by atoms with Crippen molar-refractivity contribution in [2.75, 3.05) is 12.4 Å². The van der Waals surface area contributed by atoms with Crippen molar-refractivity contribution in [3.05, 3.63) is 18.2 Å². The van der Waals surface area contributed by atoms with Gasteiger partial charge in [0.1, 0.15) is 5.75 Å². The number of carbonyl (C=O) groups is 1. The zero-order valence-corrected chi connectivity index (χ0v) is 14.2. The van der Waals surface area contributed by atoms with Gasteiger partial charge in [0.2, 0.25) is 15.9 Å². The molecule has 1 aromatic rings.